The third-order valence-electron chi connectivity index (χ3n) is 4.70. The maximum Gasteiger partial charge on any atom is 0.416 e. The molecule has 0 atom stereocenters. The molecule has 0 aromatic heterocycles. The van der Waals surface area contributed by atoms with Gasteiger partial charge in [0.15, 0.2) is 0 Å². The van der Waals surface area contributed by atoms with Crippen LogP contribution < -0.4 is 9.62 Å². The summed E-state index contributed by atoms with van der Waals surface area (Å²) in [6.07, 6.45) is -4.65. The van der Waals surface area contributed by atoms with Crippen LogP contribution >= 0.6 is 0 Å². The van der Waals surface area contributed by atoms with Crippen LogP contribution in [0.15, 0.2) is 77.7 Å². The van der Waals surface area contributed by atoms with E-state index in [1.54, 1.807) is 0 Å². The Kier molecular flexibility index (Phi) is 6.45. The van der Waals surface area contributed by atoms with Gasteiger partial charge in [0.25, 0.3) is 15.9 Å². The zero-order valence-corrected chi connectivity index (χ0v) is 17.8. The van der Waals surface area contributed by atoms with Crippen LogP contribution in [0.5, 0.6) is 0 Å². The molecule has 0 bridgehead atoms. The van der Waals surface area contributed by atoms with Gasteiger partial charge in [-0.2, -0.15) is 13.2 Å². The summed E-state index contributed by atoms with van der Waals surface area (Å²) in [4.78, 5) is 23.6. The summed E-state index contributed by atoms with van der Waals surface area (Å²) in [5, 5.41) is 11.7. The number of sulfonamides is 1. The number of carbonyl (C=O) groups excluding carboxylic acids is 1. The first-order chi connectivity index (χ1) is 15.4. The molecule has 1 amide bonds. The Morgan fingerprint density at radius 1 is 0.939 bits per heavy atom. The van der Waals surface area contributed by atoms with Crippen LogP contribution in [0.25, 0.3) is 0 Å². The molecule has 0 saturated carbocycles. The number of aromatic carboxylic acids is 1. The molecule has 0 heterocycles. The van der Waals surface area contributed by atoms with E-state index in [2.05, 4.69) is 5.32 Å². The summed E-state index contributed by atoms with van der Waals surface area (Å²) in [6, 6.07) is 14.4. The van der Waals surface area contributed by atoms with Crippen molar-refractivity contribution < 1.29 is 36.3 Å². The molecule has 2 N–H and O–H groups in total. The molecule has 3 aromatic carbocycles. The lowest BCUT2D eigenvalue weighted by Crippen LogP contribution is -2.27. The molecule has 0 fully saturated rings. The molecule has 3 aromatic rings. The van der Waals surface area contributed by atoms with E-state index < -0.39 is 33.6 Å². The Labute approximate surface area is 187 Å². The number of benzene rings is 3. The Hall–Kier alpha value is -3.86. The minimum absolute atomic E-state index is 0.0179. The van der Waals surface area contributed by atoms with Gasteiger partial charge in [-0.3, -0.25) is 9.10 Å². The number of nitrogens with zero attached hydrogens (tertiary/aromatic N) is 1. The zero-order valence-electron chi connectivity index (χ0n) is 17.0. The molecular weight excluding hydrogens is 461 g/mol. The SMILES string of the molecule is CN(c1cccc(C(F)(F)F)c1)S(=O)(=O)c1cccc(C(=O)Nc2ccccc2C(=O)O)c1. The van der Waals surface area contributed by atoms with Crippen molar-refractivity contribution in [3.63, 3.8) is 0 Å². The summed E-state index contributed by atoms with van der Waals surface area (Å²) >= 11 is 0. The van der Waals surface area contributed by atoms with Crippen LogP contribution in [0, 0.1) is 0 Å². The molecule has 3 rings (SSSR count). The van der Waals surface area contributed by atoms with Crippen molar-refractivity contribution in [2.45, 2.75) is 11.1 Å². The minimum atomic E-state index is -4.65. The second kappa shape index (κ2) is 8.94. The monoisotopic (exact) mass is 478 g/mol. The van der Waals surface area contributed by atoms with Crippen LogP contribution in [0.2, 0.25) is 0 Å². The molecular formula is C22H17F3N2O5S. The normalized spacial score (nSPS) is 11.6. The second-order valence-corrected chi connectivity index (χ2v) is 8.82. The third kappa shape index (κ3) is 5.14. The number of nitrogens with one attached hydrogen (secondary N) is 1. The van der Waals surface area contributed by atoms with Crippen LogP contribution in [0.1, 0.15) is 26.3 Å². The lowest BCUT2D eigenvalue weighted by atomic mass is 10.1. The Morgan fingerprint density at radius 2 is 1.61 bits per heavy atom. The number of hydrogen-bond donors (Lipinski definition) is 2. The van der Waals surface area contributed by atoms with Crippen molar-refractivity contribution in [1.82, 2.24) is 0 Å². The number of carbonyl (C=O) groups is 2. The lowest BCUT2D eigenvalue weighted by molar-refractivity contribution is -0.137. The number of para-hydroxylation sites is 1. The van der Waals surface area contributed by atoms with Crippen LogP contribution in [0.3, 0.4) is 0 Å². The molecule has 0 aliphatic carbocycles. The summed E-state index contributed by atoms with van der Waals surface area (Å²) in [5.74, 6) is -2.02. The first-order valence-electron chi connectivity index (χ1n) is 9.31. The third-order valence-corrected chi connectivity index (χ3v) is 6.48. The molecule has 172 valence electrons. The van der Waals surface area contributed by atoms with E-state index in [0.29, 0.717) is 10.4 Å². The van der Waals surface area contributed by atoms with Gasteiger partial charge in [-0.15, -0.1) is 0 Å². The molecule has 0 aliphatic heterocycles. The van der Waals surface area contributed by atoms with Crippen LogP contribution in [-0.4, -0.2) is 32.4 Å². The standard InChI is InChI=1S/C22H17F3N2O5S/c1-27(16-8-5-7-15(13-16)22(23,24)25)33(31,32)17-9-4-6-14(12-17)20(28)26-19-11-3-2-10-18(19)21(29)30/h2-13H,1H3,(H,26,28)(H,29,30). The largest absolute Gasteiger partial charge is 0.478 e. The molecule has 0 spiro atoms. The first-order valence-corrected chi connectivity index (χ1v) is 10.7. The van der Waals surface area contributed by atoms with Gasteiger partial charge in [0.1, 0.15) is 0 Å². The highest BCUT2D eigenvalue weighted by molar-refractivity contribution is 7.92. The topological polar surface area (TPSA) is 104 Å². The van der Waals surface area contributed by atoms with Gasteiger partial charge >= 0.3 is 12.1 Å². The molecule has 0 saturated heterocycles. The van der Waals surface area contributed by atoms with Gasteiger partial charge in [-0.25, -0.2) is 13.2 Å². The Morgan fingerprint density at radius 3 is 2.27 bits per heavy atom. The quantitative estimate of drug-likeness (QED) is 0.544. The number of rotatable bonds is 6. The van der Waals surface area contributed by atoms with Gasteiger partial charge in [0.05, 0.1) is 27.4 Å². The van der Waals surface area contributed by atoms with E-state index >= 15 is 0 Å². The molecule has 0 unspecified atom stereocenters. The number of hydrogen-bond acceptors (Lipinski definition) is 4. The number of halogens is 3. The van der Waals surface area contributed by atoms with Gasteiger partial charge in [0, 0.05) is 12.6 Å². The summed E-state index contributed by atoms with van der Waals surface area (Å²) in [6.45, 7) is 0. The fraction of sp³-hybridized carbons (Fsp3) is 0.0909. The van der Waals surface area contributed by atoms with Gasteiger partial charge in [-0.05, 0) is 48.5 Å². The molecule has 0 radical (unpaired) electrons. The summed E-state index contributed by atoms with van der Waals surface area (Å²) < 4.78 is 65.7. The van der Waals surface area contributed by atoms with E-state index in [4.69, 9.17) is 0 Å². The molecule has 0 aliphatic rings. The highest BCUT2D eigenvalue weighted by atomic mass is 32.2. The summed E-state index contributed by atoms with van der Waals surface area (Å²) in [5.41, 5.74) is -1.45. The smallest absolute Gasteiger partial charge is 0.416 e. The zero-order chi connectivity index (χ0) is 24.4. The predicted molar refractivity (Wildman–Crippen MR) is 115 cm³/mol. The second-order valence-electron chi connectivity index (χ2n) is 6.85. The average molecular weight is 478 g/mol. The number of anilines is 2. The van der Waals surface area contributed by atoms with Gasteiger partial charge in [0.2, 0.25) is 0 Å². The Bertz CT molecular complexity index is 1320. The number of amides is 1. The fourth-order valence-corrected chi connectivity index (χ4v) is 4.18. The van der Waals surface area contributed by atoms with Gasteiger partial charge < -0.3 is 10.4 Å². The highest BCUT2D eigenvalue weighted by Crippen LogP contribution is 2.32. The van der Waals surface area contributed by atoms with Crippen molar-refractivity contribution in [3.05, 3.63) is 89.5 Å². The van der Waals surface area contributed by atoms with E-state index in [-0.39, 0.29) is 27.4 Å². The Balaban J connectivity index is 1.91. The molecule has 7 nitrogen and oxygen atoms in total. The first kappa shape index (κ1) is 23.8. The van der Waals surface area contributed by atoms with Crippen molar-refractivity contribution in [1.29, 1.82) is 0 Å². The van der Waals surface area contributed by atoms with Crippen molar-refractivity contribution in [3.8, 4) is 0 Å². The van der Waals surface area contributed by atoms with Crippen molar-refractivity contribution >= 4 is 33.3 Å². The number of carboxylic acid groups (broad SMARTS) is 1. The maximum atomic E-state index is 13.0. The highest BCUT2D eigenvalue weighted by Gasteiger charge is 2.32. The van der Waals surface area contributed by atoms with E-state index in [9.17, 15) is 36.3 Å². The maximum absolute atomic E-state index is 13.0. The molecule has 33 heavy (non-hydrogen) atoms. The van der Waals surface area contributed by atoms with Crippen LogP contribution in [0.4, 0.5) is 24.5 Å². The van der Waals surface area contributed by atoms with Crippen LogP contribution in [-0.2, 0) is 16.2 Å². The lowest BCUT2D eigenvalue weighted by Gasteiger charge is -2.21. The van der Waals surface area contributed by atoms with E-state index in [0.717, 1.165) is 25.2 Å². The average Bonchev–Trinajstić information content (AvgIpc) is 2.78. The summed E-state index contributed by atoms with van der Waals surface area (Å²) in [7, 11) is -3.22. The van der Waals surface area contributed by atoms with E-state index in [1.807, 2.05) is 0 Å². The minimum Gasteiger partial charge on any atom is -0.478 e. The number of alkyl halides is 3. The predicted octanol–water partition coefficient (Wildman–Crippen LogP) is 4.48. The fourth-order valence-electron chi connectivity index (χ4n) is 2.95. The van der Waals surface area contributed by atoms with Gasteiger partial charge in [-0.1, -0.05) is 24.3 Å². The van der Waals surface area contributed by atoms with Crippen molar-refractivity contribution in [2.75, 3.05) is 16.7 Å². The number of carboxylic acids is 1. The van der Waals surface area contributed by atoms with Crippen molar-refractivity contribution in [2.24, 2.45) is 0 Å². The van der Waals surface area contributed by atoms with E-state index in [1.165, 1.54) is 48.5 Å². The molecule has 11 heteroatoms.